The highest BCUT2D eigenvalue weighted by atomic mass is 19.4. The summed E-state index contributed by atoms with van der Waals surface area (Å²) in [6.45, 7) is 11.9. The standard InChI is InChI=1S/C45H50F3N7O6/c1-43(2)41(44(3,4)42(43)61-31-14-11-27(25-49)34(24-31)45(46,47)48)52-37(57)28-10-12-29(50-26-28)9-7-5-6-8-18-53-19-21-54(22-20-53)30-13-15-32-33(23-30)40(60)55(39(32)59)35-16-17-36(56)51-38(35)58/h10-15,23-24,26,35,41-42H,5-9,16-22H2,1-4H3,(H,52,57)(H,51,56,58). The molecule has 1 atom stereocenters. The van der Waals surface area contributed by atoms with Gasteiger partial charge in [-0.3, -0.25) is 44.1 Å². The molecule has 61 heavy (non-hydrogen) atoms. The Kier molecular flexibility index (Phi) is 12.0. The molecule has 2 N–H and O–H groups in total. The van der Waals surface area contributed by atoms with Crippen LogP contribution in [0.2, 0.25) is 0 Å². The van der Waals surface area contributed by atoms with E-state index in [2.05, 4.69) is 25.4 Å². The van der Waals surface area contributed by atoms with Gasteiger partial charge >= 0.3 is 6.18 Å². The number of halogens is 3. The number of piperidine rings is 1. The molecule has 5 amide bonds. The summed E-state index contributed by atoms with van der Waals surface area (Å²) in [6, 6.07) is 12.4. The van der Waals surface area contributed by atoms with E-state index in [1.807, 2.05) is 39.8 Å². The Morgan fingerprint density at radius 2 is 1.62 bits per heavy atom. The molecule has 0 bridgehead atoms. The zero-order valence-electron chi connectivity index (χ0n) is 34.7. The summed E-state index contributed by atoms with van der Waals surface area (Å²) in [5.74, 6) is -2.33. The summed E-state index contributed by atoms with van der Waals surface area (Å²) in [5, 5.41) is 14.5. The Hall–Kier alpha value is -5.82. The zero-order valence-corrected chi connectivity index (χ0v) is 34.7. The second-order valence-corrected chi connectivity index (χ2v) is 17.6. The van der Waals surface area contributed by atoms with Gasteiger partial charge in [0.2, 0.25) is 11.8 Å². The minimum Gasteiger partial charge on any atom is -0.489 e. The smallest absolute Gasteiger partial charge is 0.417 e. The maximum Gasteiger partial charge on any atom is 0.417 e. The number of nitrogens with one attached hydrogen (secondary N) is 2. The van der Waals surface area contributed by atoms with Crippen LogP contribution in [0, 0.1) is 22.2 Å². The number of nitrogens with zero attached hydrogens (tertiary/aromatic N) is 5. The number of fused-ring (bicyclic) bond motifs is 1. The Morgan fingerprint density at radius 3 is 2.28 bits per heavy atom. The first kappa shape index (κ1) is 43.3. The first-order valence-corrected chi connectivity index (χ1v) is 20.8. The van der Waals surface area contributed by atoms with Crippen molar-refractivity contribution in [2.45, 2.75) is 97.0 Å². The lowest BCUT2D eigenvalue weighted by molar-refractivity contribution is -0.164. The van der Waals surface area contributed by atoms with Gasteiger partial charge in [0, 0.05) is 67.0 Å². The largest absolute Gasteiger partial charge is 0.489 e. The molecule has 1 unspecified atom stereocenters. The molecule has 1 saturated carbocycles. The van der Waals surface area contributed by atoms with Crippen LogP contribution in [-0.4, -0.2) is 95.2 Å². The van der Waals surface area contributed by atoms with E-state index in [0.29, 0.717) is 5.56 Å². The molecule has 16 heteroatoms. The molecule has 0 radical (unpaired) electrons. The van der Waals surface area contributed by atoms with Crippen LogP contribution in [-0.2, 0) is 22.2 Å². The molecule has 2 saturated heterocycles. The van der Waals surface area contributed by atoms with Gasteiger partial charge in [-0.1, -0.05) is 40.5 Å². The number of ether oxygens (including phenoxy) is 1. The lowest BCUT2D eigenvalue weighted by atomic mass is 9.49. The predicted molar refractivity (Wildman–Crippen MR) is 218 cm³/mol. The van der Waals surface area contributed by atoms with Crippen molar-refractivity contribution in [3.63, 3.8) is 0 Å². The van der Waals surface area contributed by atoms with Crippen molar-refractivity contribution in [3.8, 4) is 11.8 Å². The fraction of sp³-hybridized carbons (Fsp3) is 0.489. The molecule has 3 aromatic rings. The molecule has 2 aromatic carbocycles. The van der Waals surface area contributed by atoms with Gasteiger partial charge in [0.15, 0.2) is 0 Å². The highest BCUT2D eigenvalue weighted by Gasteiger charge is 2.64. The van der Waals surface area contributed by atoms with Crippen molar-refractivity contribution in [2.75, 3.05) is 37.6 Å². The Labute approximate surface area is 352 Å². The third-order valence-corrected chi connectivity index (χ3v) is 12.7. The van der Waals surface area contributed by atoms with E-state index in [1.54, 1.807) is 30.5 Å². The van der Waals surface area contributed by atoms with Crippen LogP contribution in [0.1, 0.15) is 114 Å². The predicted octanol–water partition coefficient (Wildman–Crippen LogP) is 5.91. The molecule has 4 heterocycles. The van der Waals surface area contributed by atoms with Crippen LogP contribution in [0.25, 0.3) is 0 Å². The number of rotatable bonds is 13. The molecule has 0 spiro atoms. The molecule has 1 aromatic heterocycles. The van der Waals surface area contributed by atoms with Crippen LogP contribution in [0.3, 0.4) is 0 Å². The third kappa shape index (κ3) is 8.70. The van der Waals surface area contributed by atoms with Gasteiger partial charge in [-0.2, -0.15) is 18.4 Å². The number of hydrogen-bond acceptors (Lipinski definition) is 10. The Balaban J connectivity index is 0.808. The van der Waals surface area contributed by atoms with Gasteiger partial charge in [-0.15, -0.1) is 0 Å². The van der Waals surface area contributed by atoms with Gasteiger partial charge in [-0.05, 0) is 80.8 Å². The summed E-state index contributed by atoms with van der Waals surface area (Å²) in [6.07, 6.45) is 1.46. The number of carbonyl (C=O) groups excluding carboxylic acids is 5. The number of aromatic nitrogens is 1. The minimum atomic E-state index is -4.70. The fourth-order valence-electron chi connectivity index (χ4n) is 9.67. The Bertz CT molecular complexity index is 2250. The first-order chi connectivity index (χ1) is 28.9. The van der Waals surface area contributed by atoms with Gasteiger partial charge < -0.3 is 15.0 Å². The van der Waals surface area contributed by atoms with Crippen molar-refractivity contribution in [1.82, 2.24) is 25.4 Å². The molecule has 13 nitrogen and oxygen atoms in total. The average Bonchev–Trinajstić information content (AvgIpc) is 3.47. The molecule has 1 aliphatic carbocycles. The fourth-order valence-corrected chi connectivity index (χ4v) is 9.67. The minimum absolute atomic E-state index is 0.0101. The van der Waals surface area contributed by atoms with E-state index < -0.39 is 63.9 Å². The van der Waals surface area contributed by atoms with Crippen molar-refractivity contribution >= 4 is 35.2 Å². The molecule has 3 aliphatic heterocycles. The van der Waals surface area contributed by atoms with Gasteiger partial charge in [0.25, 0.3) is 17.7 Å². The van der Waals surface area contributed by atoms with E-state index in [0.717, 1.165) is 93.2 Å². The van der Waals surface area contributed by atoms with E-state index in [-0.39, 0.29) is 41.7 Å². The second kappa shape index (κ2) is 16.9. The third-order valence-electron chi connectivity index (χ3n) is 12.7. The number of nitriles is 1. The average molecular weight is 842 g/mol. The van der Waals surface area contributed by atoms with E-state index in [1.165, 1.54) is 6.07 Å². The monoisotopic (exact) mass is 841 g/mol. The lowest BCUT2D eigenvalue weighted by Crippen LogP contribution is -2.74. The summed E-state index contributed by atoms with van der Waals surface area (Å²) in [5.41, 5.74) is -0.0321. The SMILES string of the molecule is CC1(C)C(NC(=O)c2ccc(CCCCCCN3CCN(c4ccc5c(c4)C(=O)N(C4CCC(=O)NC4=O)C5=O)CC3)nc2)C(C)(C)C1Oc1ccc(C#N)c(C(F)(F)F)c1. The van der Waals surface area contributed by atoms with Gasteiger partial charge in [0.1, 0.15) is 17.9 Å². The molecule has 7 rings (SSSR count). The van der Waals surface area contributed by atoms with E-state index in [9.17, 15) is 37.1 Å². The molecular weight excluding hydrogens is 792 g/mol. The van der Waals surface area contributed by atoms with E-state index >= 15 is 0 Å². The number of amides is 5. The number of alkyl halides is 3. The number of aryl methyl sites for hydroxylation is 1. The first-order valence-electron chi connectivity index (χ1n) is 20.8. The van der Waals surface area contributed by atoms with Crippen molar-refractivity contribution < 1.29 is 41.9 Å². The molecule has 4 aliphatic rings. The lowest BCUT2D eigenvalue weighted by Gasteiger charge is -2.63. The highest BCUT2D eigenvalue weighted by molar-refractivity contribution is 6.23. The summed E-state index contributed by atoms with van der Waals surface area (Å²) in [7, 11) is 0. The van der Waals surface area contributed by atoms with Gasteiger partial charge in [0.05, 0.1) is 33.9 Å². The maximum absolute atomic E-state index is 13.6. The summed E-state index contributed by atoms with van der Waals surface area (Å²) >= 11 is 0. The van der Waals surface area contributed by atoms with Crippen LogP contribution in [0.15, 0.2) is 54.7 Å². The van der Waals surface area contributed by atoms with Crippen LogP contribution in [0.4, 0.5) is 18.9 Å². The molecular formula is C45H50F3N7O6. The number of imide groups is 2. The number of piperazine rings is 1. The highest BCUT2D eigenvalue weighted by Crippen LogP contribution is 2.55. The van der Waals surface area contributed by atoms with Gasteiger partial charge in [-0.25, -0.2) is 0 Å². The second-order valence-electron chi connectivity index (χ2n) is 17.6. The number of pyridine rings is 1. The number of benzene rings is 2. The molecule has 322 valence electrons. The maximum atomic E-state index is 13.6. The summed E-state index contributed by atoms with van der Waals surface area (Å²) < 4.78 is 46.8. The Morgan fingerprint density at radius 1 is 0.918 bits per heavy atom. The normalized spacial score (nSPS) is 22.3. The van der Waals surface area contributed by atoms with Crippen molar-refractivity contribution in [1.29, 1.82) is 5.26 Å². The van der Waals surface area contributed by atoms with Crippen LogP contribution >= 0.6 is 0 Å². The quantitative estimate of drug-likeness (QED) is 0.156. The number of carbonyl (C=O) groups is 5. The number of unbranched alkanes of at least 4 members (excludes halogenated alkanes) is 3. The molecule has 3 fully saturated rings. The van der Waals surface area contributed by atoms with Crippen molar-refractivity contribution in [3.05, 3.63) is 88.2 Å². The zero-order chi connectivity index (χ0) is 43.9. The number of hydrogen-bond donors (Lipinski definition) is 2. The van der Waals surface area contributed by atoms with Crippen molar-refractivity contribution in [2.24, 2.45) is 10.8 Å². The summed E-state index contributed by atoms with van der Waals surface area (Å²) in [4.78, 5) is 73.8. The number of anilines is 1. The van der Waals surface area contributed by atoms with Crippen LogP contribution in [0.5, 0.6) is 5.75 Å². The topological polar surface area (TPSA) is 165 Å². The van der Waals surface area contributed by atoms with E-state index in [4.69, 9.17) is 10.00 Å². The van der Waals surface area contributed by atoms with Crippen LogP contribution < -0.4 is 20.3 Å².